The van der Waals surface area contributed by atoms with Gasteiger partial charge in [-0.05, 0) is 37.1 Å². The maximum atomic E-state index is 13.1. The van der Waals surface area contributed by atoms with Gasteiger partial charge in [0.05, 0.1) is 24.4 Å². The van der Waals surface area contributed by atoms with Gasteiger partial charge in [0.15, 0.2) is 11.6 Å². The zero-order chi connectivity index (χ0) is 21.1. The summed E-state index contributed by atoms with van der Waals surface area (Å²) in [6, 6.07) is 8.53. The van der Waals surface area contributed by atoms with Gasteiger partial charge in [-0.15, -0.1) is 0 Å². The SMILES string of the molecule is COC[C@H](O)CCC(=O)c1ccc2c(n1)N(C(=O)Nc1ccccn1)[C@H]1CCN2C1. The van der Waals surface area contributed by atoms with Crippen molar-refractivity contribution in [3.05, 3.63) is 42.2 Å². The summed E-state index contributed by atoms with van der Waals surface area (Å²) < 4.78 is 4.90. The molecule has 2 aromatic heterocycles. The van der Waals surface area contributed by atoms with Crippen LogP contribution in [-0.4, -0.2) is 65.8 Å². The molecule has 9 nitrogen and oxygen atoms in total. The Morgan fingerprint density at radius 1 is 1.33 bits per heavy atom. The maximum absolute atomic E-state index is 13.1. The Morgan fingerprint density at radius 3 is 2.97 bits per heavy atom. The molecule has 0 spiro atoms. The van der Waals surface area contributed by atoms with Gasteiger partial charge < -0.3 is 14.7 Å². The molecule has 2 N–H and O–H groups in total. The number of pyridine rings is 2. The summed E-state index contributed by atoms with van der Waals surface area (Å²) in [4.78, 5) is 38.2. The van der Waals surface area contributed by atoms with Gasteiger partial charge in [0.1, 0.15) is 11.5 Å². The van der Waals surface area contributed by atoms with E-state index in [1.807, 2.05) is 6.07 Å². The number of fused-ring (bicyclic) bond motifs is 4. The van der Waals surface area contributed by atoms with Crippen LogP contribution >= 0.6 is 0 Å². The van der Waals surface area contributed by atoms with Crippen LogP contribution in [0.1, 0.15) is 29.8 Å². The molecule has 2 aliphatic heterocycles. The number of carbonyl (C=O) groups is 2. The number of hydrogen-bond donors (Lipinski definition) is 2. The number of Topliss-reactive ketones (excluding diaryl/α,β-unsaturated/α-hetero) is 1. The minimum absolute atomic E-state index is 0.0115. The molecule has 9 heteroatoms. The smallest absolute Gasteiger partial charge is 0.329 e. The van der Waals surface area contributed by atoms with Crippen molar-refractivity contribution < 1.29 is 19.4 Å². The highest BCUT2D eigenvalue weighted by Gasteiger charge is 2.40. The molecule has 0 aromatic carbocycles. The highest BCUT2D eigenvalue weighted by atomic mass is 16.5. The first-order valence-electron chi connectivity index (χ1n) is 10.0. The van der Waals surface area contributed by atoms with E-state index in [1.165, 1.54) is 7.11 Å². The number of ketones is 1. The van der Waals surface area contributed by atoms with E-state index in [4.69, 9.17) is 4.74 Å². The van der Waals surface area contributed by atoms with Crippen molar-refractivity contribution in [2.24, 2.45) is 0 Å². The van der Waals surface area contributed by atoms with Gasteiger partial charge in [0.25, 0.3) is 0 Å². The minimum Gasteiger partial charge on any atom is -0.391 e. The van der Waals surface area contributed by atoms with Crippen LogP contribution in [0, 0.1) is 0 Å². The quantitative estimate of drug-likeness (QED) is 0.672. The number of anilines is 3. The summed E-state index contributed by atoms with van der Waals surface area (Å²) in [6.07, 6.45) is 2.20. The molecular formula is C21H25N5O4. The Labute approximate surface area is 174 Å². The second-order valence-corrected chi connectivity index (χ2v) is 7.51. The number of rotatable bonds is 7. The highest BCUT2D eigenvalue weighted by molar-refractivity contribution is 6.05. The van der Waals surface area contributed by atoms with Gasteiger partial charge in [0, 0.05) is 32.8 Å². The van der Waals surface area contributed by atoms with E-state index < -0.39 is 6.10 Å². The van der Waals surface area contributed by atoms with E-state index >= 15 is 0 Å². The lowest BCUT2D eigenvalue weighted by atomic mass is 10.1. The van der Waals surface area contributed by atoms with Crippen molar-refractivity contribution in [1.82, 2.24) is 9.97 Å². The monoisotopic (exact) mass is 411 g/mol. The third-order valence-corrected chi connectivity index (χ3v) is 5.42. The fraction of sp³-hybridized carbons (Fsp3) is 0.429. The van der Waals surface area contributed by atoms with Crippen LogP contribution in [0.15, 0.2) is 36.5 Å². The van der Waals surface area contributed by atoms with Gasteiger partial charge in [-0.3, -0.25) is 15.0 Å². The number of hydrogen-bond acceptors (Lipinski definition) is 7. The molecule has 158 valence electrons. The normalized spacial score (nSPS) is 18.1. The van der Waals surface area contributed by atoms with Crippen LogP contribution < -0.4 is 15.1 Å². The number of aliphatic hydroxyl groups excluding tert-OH is 1. The van der Waals surface area contributed by atoms with Crippen molar-refractivity contribution >= 4 is 29.1 Å². The summed E-state index contributed by atoms with van der Waals surface area (Å²) in [7, 11) is 1.50. The number of ether oxygens (including phenoxy) is 1. The van der Waals surface area contributed by atoms with E-state index in [9.17, 15) is 14.7 Å². The average molecular weight is 411 g/mol. The number of methoxy groups -OCH3 is 1. The number of nitrogens with one attached hydrogen (secondary N) is 1. The van der Waals surface area contributed by atoms with Crippen molar-refractivity contribution in [3.63, 3.8) is 0 Å². The van der Waals surface area contributed by atoms with E-state index in [2.05, 4.69) is 20.2 Å². The standard InChI is InChI=1S/C21H25N5O4/c1-30-13-15(27)5-8-18(28)16-6-7-17-20(23-16)26(14-9-11-25(17)12-14)21(29)24-19-4-2-3-10-22-19/h2-4,6-7,10,14-15,27H,5,8-9,11-13H2,1H3,(H,22,24,29)/t14-,15+/m0/s1. The predicted molar refractivity (Wildman–Crippen MR) is 112 cm³/mol. The first kappa shape index (κ1) is 20.2. The van der Waals surface area contributed by atoms with Gasteiger partial charge in [0.2, 0.25) is 0 Å². The lowest BCUT2D eigenvalue weighted by molar-refractivity contribution is 0.0559. The number of aliphatic hydroxyl groups is 1. The fourth-order valence-corrected chi connectivity index (χ4v) is 3.93. The molecule has 0 unspecified atom stereocenters. The Balaban J connectivity index is 1.56. The third-order valence-electron chi connectivity index (χ3n) is 5.42. The molecule has 4 rings (SSSR count). The summed E-state index contributed by atoms with van der Waals surface area (Å²) in [6.45, 7) is 1.76. The predicted octanol–water partition coefficient (Wildman–Crippen LogP) is 2.08. The maximum Gasteiger partial charge on any atom is 0.329 e. The van der Waals surface area contributed by atoms with Gasteiger partial charge in [-0.2, -0.15) is 0 Å². The summed E-state index contributed by atoms with van der Waals surface area (Å²) in [5.41, 5.74) is 1.13. The number of nitrogens with zero attached hydrogens (tertiary/aromatic N) is 4. The number of urea groups is 1. The van der Waals surface area contributed by atoms with E-state index in [-0.39, 0.29) is 36.6 Å². The highest BCUT2D eigenvalue weighted by Crippen LogP contribution is 2.39. The molecule has 0 saturated carbocycles. The Bertz CT molecular complexity index is 923. The van der Waals surface area contributed by atoms with Crippen LogP contribution in [0.4, 0.5) is 22.1 Å². The Hall–Kier alpha value is -3.04. The summed E-state index contributed by atoms with van der Waals surface area (Å²) in [5.74, 6) is 0.773. The molecule has 2 aliphatic rings. The van der Waals surface area contributed by atoms with Crippen LogP contribution in [0.5, 0.6) is 0 Å². The second-order valence-electron chi connectivity index (χ2n) is 7.51. The lowest BCUT2D eigenvalue weighted by Gasteiger charge is -2.35. The minimum atomic E-state index is -0.695. The summed E-state index contributed by atoms with van der Waals surface area (Å²) >= 11 is 0. The Kier molecular flexibility index (Phi) is 5.91. The molecule has 2 atom stereocenters. The molecule has 30 heavy (non-hydrogen) atoms. The number of carbonyl (C=O) groups excluding carboxylic acids is 2. The van der Waals surface area contributed by atoms with Crippen LogP contribution in [0.3, 0.4) is 0 Å². The van der Waals surface area contributed by atoms with Crippen molar-refractivity contribution in [1.29, 1.82) is 0 Å². The molecule has 4 heterocycles. The van der Waals surface area contributed by atoms with Crippen LogP contribution in [0.25, 0.3) is 0 Å². The van der Waals surface area contributed by atoms with Gasteiger partial charge >= 0.3 is 6.03 Å². The molecule has 2 amide bonds. The first-order valence-corrected chi connectivity index (χ1v) is 10.0. The second kappa shape index (κ2) is 8.76. The molecule has 2 aromatic rings. The first-order chi connectivity index (χ1) is 14.6. The van der Waals surface area contributed by atoms with E-state index in [0.29, 0.717) is 18.1 Å². The number of amides is 2. The lowest BCUT2D eigenvalue weighted by Crippen LogP contribution is -2.48. The third kappa shape index (κ3) is 4.12. The van der Waals surface area contributed by atoms with E-state index in [0.717, 1.165) is 25.2 Å². The van der Waals surface area contributed by atoms with Crippen LogP contribution in [0.2, 0.25) is 0 Å². The fourth-order valence-electron chi connectivity index (χ4n) is 3.93. The molecule has 0 aliphatic carbocycles. The van der Waals surface area contributed by atoms with Gasteiger partial charge in [-0.25, -0.2) is 14.8 Å². The topological polar surface area (TPSA) is 108 Å². The average Bonchev–Trinajstić information content (AvgIpc) is 3.17. The van der Waals surface area contributed by atoms with Crippen molar-refractivity contribution in [2.45, 2.75) is 31.4 Å². The van der Waals surface area contributed by atoms with Gasteiger partial charge in [-0.1, -0.05) is 6.07 Å². The molecular weight excluding hydrogens is 386 g/mol. The van der Waals surface area contributed by atoms with Crippen molar-refractivity contribution in [3.8, 4) is 0 Å². The Morgan fingerprint density at radius 2 is 2.20 bits per heavy atom. The zero-order valence-corrected chi connectivity index (χ0v) is 16.8. The molecule has 2 bridgehead atoms. The van der Waals surface area contributed by atoms with Crippen LogP contribution in [-0.2, 0) is 4.74 Å². The largest absolute Gasteiger partial charge is 0.391 e. The summed E-state index contributed by atoms with van der Waals surface area (Å²) in [5, 5.41) is 12.6. The molecule has 0 radical (unpaired) electrons. The molecule has 1 saturated heterocycles. The molecule has 1 fully saturated rings. The van der Waals surface area contributed by atoms with E-state index in [1.54, 1.807) is 35.4 Å². The number of aromatic nitrogens is 2. The van der Waals surface area contributed by atoms with Crippen molar-refractivity contribution in [2.75, 3.05) is 41.9 Å². The zero-order valence-electron chi connectivity index (χ0n) is 16.8.